The van der Waals surface area contributed by atoms with Crippen LogP contribution in [0.4, 0.5) is 5.69 Å². The molecule has 5 rings (SSSR count). The Labute approximate surface area is 210 Å². The molecule has 1 aliphatic carbocycles. The normalized spacial score (nSPS) is 13.6. The van der Waals surface area contributed by atoms with Gasteiger partial charge in [-0.15, -0.1) is 0 Å². The van der Waals surface area contributed by atoms with Crippen LogP contribution in [0.15, 0.2) is 60.8 Å². The van der Waals surface area contributed by atoms with Crippen LogP contribution in [0.1, 0.15) is 49.8 Å². The van der Waals surface area contributed by atoms with Crippen molar-refractivity contribution in [2.45, 2.75) is 38.6 Å². The Hall–Kier alpha value is -4.14. The summed E-state index contributed by atoms with van der Waals surface area (Å²) in [6.07, 6.45) is 5.38. The molecule has 0 radical (unpaired) electrons. The van der Waals surface area contributed by atoms with Crippen LogP contribution in [0.25, 0.3) is 33.4 Å². The number of pyridine rings is 1. The lowest BCUT2D eigenvalue weighted by molar-refractivity contribution is 0.324. The molecule has 0 amide bonds. The number of benzene rings is 2. The molecule has 0 unspecified atom stereocenters. The van der Waals surface area contributed by atoms with Gasteiger partial charge in [-0.2, -0.15) is 10.5 Å². The Kier molecular flexibility index (Phi) is 6.22. The predicted octanol–water partition coefficient (Wildman–Crippen LogP) is 5.99. The number of anilines is 1. The van der Waals surface area contributed by atoms with Gasteiger partial charge in [0, 0.05) is 28.9 Å². The zero-order chi connectivity index (χ0) is 25.3. The first-order valence-electron chi connectivity index (χ1n) is 12.0. The Morgan fingerprint density at radius 1 is 1.06 bits per heavy atom. The van der Waals surface area contributed by atoms with Gasteiger partial charge in [0.05, 0.1) is 33.8 Å². The molecule has 1 N–H and O–H groups in total. The van der Waals surface area contributed by atoms with Crippen molar-refractivity contribution in [3.8, 4) is 34.7 Å². The molecule has 0 atom stereocenters. The first-order valence-corrected chi connectivity index (χ1v) is 13.7. The number of sulfonamides is 1. The lowest BCUT2D eigenvalue weighted by atomic mass is 9.92. The summed E-state index contributed by atoms with van der Waals surface area (Å²) < 4.78 is 29.2. The maximum atomic E-state index is 12.2. The van der Waals surface area contributed by atoms with Gasteiger partial charge >= 0.3 is 0 Å². The van der Waals surface area contributed by atoms with Gasteiger partial charge in [-0.3, -0.25) is 9.71 Å². The zero-order valence-electron chi connectivity index (χ0n) is 19.9. The van der Waals surface area contributed by atoms with Crippen LogP contribution in [0.5, 0.6) is 0 Å². The van der Waals surface area contributed by atoms with Crippen molar-refractivity contribution in [2.24, 2.45) is 0 Å². The van der Waals surface area contributed by atoms with Gasteiger partial charge < -0.3 is 4.57 Å². The maximum absolute atomic E-state index is 12.2. The van der Waals surface area contributed by atoms with Crippen molar-refractivity contribution >= 4 is 26.6 Å². The molecule has 36 heavy (non-hydrogen) atoms. The monoisotopic (exact) mass is 495 g/mol. The fourth-order valence-electron chi connectivity index (χ4n) is 4.80. The summed E-state index contributed by atoms with van der Waals surface area (Å²) in [4.78, 5) is 4.44. The van der Waals surface area contributed by atoms with Crippen LogP contribution in [-0.2, 0) is 10.0 Å². The van der Waals surface area contributed by atoms with E-state index >= 15 is 0 Å². The zero-order valence-corrected chi connectivity index (χ0v) is 20.7. The Balaban J connectivity index is 1.66. The summed E-state index contributed by atoms with van der Waals surface area (Å²) in [6.45, 7) is 1.82. The molecule has 1 aliphatic rings. The lowest BCUT2D eigenvalue weighted by Gasteiger charge is -2.30. The van der Waals surface area contributed by atoms with Gasteiger partial charge in [0.15, 0.2) is 0 Å². The molecule has 180 valence electrons. The lowest BCUT2D eigenvalue weighted by Crippen LogP contribution is -2.18. The summed E-state index contributed by atoms with van der Waals surface area (Å²) >= 11 is 0. The third kappa shape index (κ3) is 4.21. The highest BCUT2D eigenvalue weighted by Crippen LogP contribution is 2.43. The highest BCUT2D eigenvalue weighted by molar-refractivity contribution is 7.92. The SMILES string of the molecule is CCCS(=O)(=O)Nc1ccc(-c2c(C#N)c3ccc(-c4ncccc4C#N)cc3n2C2CCC2)cc1. The van der Waals surface area contributed by atoms with E-state index < -0.39 is 10.0 Å². The molecule has 7 nitrogen and oxygen atoms in total. The van der Waals surface area contributed by atoms with Gasteiger partial charge in [-0.25, -0.2) is 8.42 Å². The van der Waals surface area contributed by atoms with Crippen molar-refractivity contribution in [1.29, 1.82) is 10.5 Å². The van der Waals surface area contributed by atoms with Crippen LogP contribution in [0.3, 0.4) is 0 Å². The molecule has 8 heteroatoms. The molecule has 2 aromatic heterocycles. The number of nitrogens with zero attached hydrogens (tertiary/aromatic N) is 4. The number of aromatic nitrogens is 2. The summed E-state index contributed by atoms with van der Waals surface area (Å²) in [5, 5.41) is 20.6. The van der Waals surface area contributed by atoms with E-state index in [2.05, 4.69) is 26.4 Å². The Morgan fingerprint density at radius 3 is 2.44 bits per heavy atom. The van der Waals surface area contributed by atoms with Crippen LogP contribution in [0.2, 0.25) is 0 Å². The quantitative estimate of drug-likeness (QED) is 0.338. The number of fused-ring (bicyclic) bond motifs is 1. The second kappa shape index (κ2) is 9.49. The van der Waals surface area contributed by atoms with E-state index in [4.69, 9.17) is 0 Å². The van der Waals surface area contributed by atoms with E-state index in [0.717, 1.165) is 47.0 Å². The highest BCUT2D eigenvalue weighted by Gasteiger charge is 2.28. The Morgan fingerprint density at radius 2 is 1.81 bits per heavy atom. The van der Waals surface area contributed by atoms with Crippen molar-refractivity contribution in [1.82, 2.24) is 9.55 Å². The van der Waals surface area contributed by atoms with Gasteiger partial charge in [-0.05, 0) is 61.6 Å². The van der Waals surface area contributed by atoms with Crippen LogP contribution in [0, 0.1) is 22.7 Å². The van der Waals surface area contributed by atoms with Gasteiger partial charge in [0.2, 0.25) is 10.0 Å². The number of hydrogen-bond donors (Lipinski definition) is 1. The number of nitrogens with one attached hydrogen (secondary N) is 1. The summed E-state index contributed by atoms with van der Waals surface area (Å²) in [7, 11) is -3.39. The standard InChI is InChI=1S/C28H25N5O2S/c1-2-15-36(34,35)32-22-11-8-19(9-12-22)28-25(18-30)24-13-10-20(27-21(17-29)5-4-14-31-27)16-26(24)33(28)23-6-3-7-23/h4-5,8-14,16,23,32H,2-3,6-7,15H2,1H3. The molecule has 0 saturated heterocycles. The number of nitriles is 2. The van der Waals surface area contributed by atoms with Crippen molar-refractivity contribution in [3.05, 3.63) is 71.9 Å². The molecular weight excluding hydrogens is 470 g/mol. The fourth-order valence-corrected chi connectivity index (χ4v) is 5.93. The van der Waals surface area contributed by atoms with Crippen LogP contribution >= 0.6 is 0 Å². The molecule has 2 heterocycles. The first kappa shape index (κ1) is 23.6. The third-order valence-electron chi connectivity index (χ3n) is 6.66. The highest BCUT2D eigenvalue weighted by atomic mass is 32.2. The van der Waals surface area contributed by atoms with Crippen molar-refractivity contribution in [3.63, 3.8) is 0 Å². The molecule has 2 aromatic carbocycles. The predicted molar refractivity (Wildman–Crippen MR) is 141 cm³/mol. The average molecular weight is 496 g/mol. The molecule has 0 aliphatic heterocycles. The molecule has 0 spiro atoms. The Bertz CT molecular complexity index is 1640. The number of rotatable bonds is 7. The largest absolute Gasteiger partial charge is 0.336 e. The molecule has 1 fully saturated rings. The van der Waals surface area contributed by atoms with Crippen LogP contribution in [-0.4, -0.2) is 23.7 Å². The van der Waals surface area contributed by atoms with E-state index in [9.17, 15) is 18.9 Å². The molecule has 1 saturated carbocycles. The van der Waals surface area contributed by atoms with Crippen LogP contribution < -0.4 is 4.72 Å². The summed E-state index contributed by atoms with van der Waals surface area (Å²) in [5.74, 6) is 0.0649. The summed E-state index contributed by atoms with van der Waals surface area (Å²) in [6, 6.07) is 21.5. The smallest absolute Gasteiger partial charge is 0.232 e. The molecule has 4 aromatic rings. The third-order valence-corrected chi connectivity index (χ3v) is 8.15. The topological polar surface area (TPSA) is 112 Å². The first-order chi connectivity index (χ1) is 17.5. The van der Waals surface area contributed by atoms with Gasteiger partial charge in [0.25, 0.3) is 0 Å². The van der Waals surface area contributed by atoms with Gasteiger partial charge in [-0.1, -0.05) is 31.2 Å². The van der Waals surface area contributed by atoms with E-state index in [1.54, 1.807) is 30.5 Å². The average Bonchev–Trinajstić information content (AvgIpc) is 3.16. The minimum Gasteiger partial charge on any atom is -0.336 e. The van der Waals surface area contributed by atoms with Gasteiger partial charge in [0.1, 0.15) is 12.1 Å². The summed E-state index contributed by atoms with van der Waals surface area (Å²) in [5.41, 5.74) is 5.65. The van der Waals surface area contributed by atoms with E-state index in [1.165, 1.54) is 0 Å². The fraction of sp³-hybridized carbons (Fsp3) is 0.250. The minimum atomic E-state index is -3.39. The van der Waals surface area contributed by atoms with E-state index in [-0.39, 0.29) is 11.8 Å². The second-order valence-corrected chi connectivity index (χ2v) is 10.9. The molecule has 0 bridgehead atoms. The van der Waals surface area contributed by atoms with E-state index in [0.29, 0.717) is 28.9 Å². The van der Waals surface area contributed by atoms with Crippen molar-refractivity contribution in [2.75, 3.05) is 10.5 Å². The minimum absolute atomic E-state index is 0.0649. The molecular formula is C28H25N5O2S. The maximum Gasteiger partial charge on any atom is 0.232 e. The second-order valence-electron chi connectivity index (χ2n) is 9.03. The number of hydrogen-bond acceptors (Lipinski definition) is 5. The van der Waals surface area contributed by atoms with Crippen molar-refractivity contribution < 1.29 is 8.42 Å². The van der Waals surface area contributed by atoms with E-state index in [1.807, 2.05) is 37.3 Å².